The van der Waals surface area contributed by atoms with Gasteiger partial charge in [0.1, 0.15) is 5.69 Å². The lowest BCUT2D eigenvalue weighted by molar-refractivity contribution is -0.384. The van der Waals surface area contributed by atoms with Crippen LogP contribution < -0.4 is 5.32 Å². The molecule has 0 amide bonds. The fraction of sp³-hybridized carbons (Fsp3) is 0.800. The summed E-state index contributed by atoms with van der Waals surface area (Å²) in [5.41, 5.74) is 0.598. The lowest BCUT2D eigenvalue weighted by Crippen LogP contribution is -2.15. The van der Waals surface area contributed by atoms with E-state index in [-0.39, 0.29) is 16.7 Å². The van der Waals surface area contributed by atoms with Crippen LogP contribution in [0.3, 0.4) is 0 Å². The molecule has 1 fully saturated rings. The normalized spacial score (nSPS) is 16.4. The van der Waals surface area contributed by atoms with Crippen LogP contribution in [0.25, 0.3) is 0 Å². The molecule has 0 atom stereocenters. The standard InChI is InChI=1S/C15H26N4O2/c1-11(2)18-15(14(19(20)21)12(3)17-18)16-10-9-13-7-5-4-6-8-13/h11,13,16H,4-10H2,1-3H3. The average molecular weight is 294 g/mol. The molecule has 1 heterocycles. The van der Waals surface area contributed by atoms with Crippen molar-refractivity contribution in [2.45, 2.75) is 65.3 Å². The van der Waals surface area contributed by atoms with Gasteiger partial charge >= 0.3 is 5.69 Å². The highest BCUT2D eigenvalue weighted by Gasteiger charge is 2.26. The zero-order valence-electron chi connectivity index (χ0n) is 13.3. The smallest absolute Gasteiger partial charge is 0.333 e. The number of aryl methyl sites for hydroxylation is 1. The topological polar surface area (TPSA) is 73.0 Å². The third-order valence-electron chi connectivity index (χ3n) is 4.30. The molecule has 1 N–H and O–H groups in total. The second-order valence-corrected chi connectivity index (χ2v) is 6.30. The van der Waals surface area contributed by atoms with E-state index in [1.54, 1.807) is 11.6 Å². The maximum absolute atomic E-state index is 11.3. The van der Waals surface area contributed by atoms with E-state index in [4.69, 9.17) is 0 Å². The molecular weight excluding hydrogens is 268 g/mol. The third kappa shape index (κ3) is 3.74. The molecular formula is C15H26N4O2. The summed E-state index contributed by atoms with van der Waals surface area (Å²) in [5, 5.41) is 18.8. The predicted octanol–water partition coefficient (Wildman–Crippen LogP) is 4.06. The fourth-order valence-electron chi connectivity index (χ4n) is 3.17. The number of nitrogens with zero attached hydrogens (tertiary/aromatic N) is 3. The number of nitro groups is 1. The number of rotatable bonds is 6. The summed E-state index contributed by atoms with van der Waals surface area (Å²) in [7, 11) is 0. The van der Waals surface area contributed by atoms with Crippen LogP contribution in [0.2, 0.25) is 0 Å². The molecule has 0 saturated heterocycles. The van der Waals surface area contributed by atoms with Gasteiger partial charge in [-0.15, -0.1) is 0 Å². The Hall–Kier alpha value is -1.59. The van der Waals surface area contributed by atoms with Crippen LogP contribution in [0.5, 0.6) is 0 Å². The van der Waals surface area contributed by atoms with Gasteiger partial charge in [-0.05, 0) is 33.1 Å². The molecule has 2 rings (SSSR count). The van der Waals surface area contributed by atoms with Crippen molar-refractivity contribution in [2.75, 3.05) is 11.9 Å². The molecule has 1 saturated carbocycles. The van der Waals surface area contributed by atoms with Crippen LogP contribution in [0.15, 0.2) is 0 Å². The molecule has 1 aliphatic rings. The van der Waals surface area contributed by atoms with E-state index in [2.05, 4.69) is 10.4 Å². The predicted molar refractivity (Wildman–Crippen MR) is 83.7 cm³/mol. The van der Waals surface area contributed by atoms with E-state index in [0.29, 0.717) is 11.5 Å². The van der Waals surface area contributed by atoms with Gasteiger partial charge in [0.15, 0.2) is 0 Å². The van der Waals surface area contributed by atoms with Gasteiger partial charge < -0.3 is 5.32 Å². The summed E-state index contributed by atoms with van der Waals surface area (Å²) < 4.78 is 1.73. The number of hydrogen-bond donors (Lipinski definition) is 1. The molecule has 6 nitrogen and oxygen atoms in total. The number of nitrogens with one attached hydrogen (secondary N) is 1. The minimum absolute atomic E-state index is 0.106. The van der Waals surface area contributed by atoms with Gasteiger partial charge in [-0.1, -0.05) is 32.1 Å². The van der Waals surface area contributed by atoms with Crippen molar-refractivity contribution in [1.82, 2.24) is 9.78 Å². The highest BCUT2D eigenvalue weighted by molar-refractivity contribution is 5.59. The van der Waals surface area contributed by atoms with Crippen molar-refractivity contribution in [2.24, 2.45) is 5.92 Å². The highest BCUT2D eigenvalue weighted by Crippen LogP contribution is 2.31. The summed E-state index contributed by atoms with van der Waals surface area (Å²) >= 11 is 0. The number of hydrogen-bond acceptors (Lipinski definition) is 4. The van der Waals surface area contributed by atoms with E-state index < -0.39 is 0 Å². The molecule has 1 aliphatic carbocycles. The third-order valence-corrected chi connectivity index (χ3v) is 4.30. The van der Waals surface area contributed by atoms with E-state index in [1.807, 2.05) is 13.8 Å². The number of aromatic nitrogens is 2. The van der Waals surface area contributed by atoms with Gasteiger partial charge in [0.2, 0.25) is 5.82 Å². The molecule has 0 aromatic carbocycles. The Kier molecular flexibility index (Phi) is 5.20. The highest BCUT2D eigenvalue weighted by atomic mass is 16.6. The zero-order valence-corrected chi connectivity index (χ0v) is 13.3. The summed E-state index contributed by atoms with van der Waals surface area (Å²) in [4.78, 5) is 10.9. The van der Waals surface area contributed by atoms with E-state index in [9.17, 15) is 10.1 Å². The van der Waals surface area contributed by atoms with Crippen molar-refractivity contribution >= 4 is 11.5 Å². The number of anilines is 1. The van der Waals surface area contributed by atoms with Crippen LogP contribution in [-0.2, 0) is 0 Å². The maximum Gasteiger partial charge on any atom is 0.333 e. The SMILES string of the molecule is Cc1nn(C(C)C)c(NCCC2CCCCC2)c1[N+](=O)[O-]. The lowest BCUT2D eigenvalue weighted by atomic mass is 9.87. The minimum atomic E-state index is -0.329. The van der Waals surface area contributed by atoms with Crippen LogP contribution in [0.4, 0.5) is 11.5 Å². The van der Waals surface area contributed by atoms with Gasteiger partial charge in [-0.2, -0.15) is 5.10 Å². The van der Waals surface area contributed by atoms with Gasteiger partial charge in [-0.3, -0.25) is 10.1 Å². The van der Waals surface area contributed by atoms with Gasteiger partial charge in [0.05, 0.1) is 4.92 Å². The first-order valence-corrected chi connectivity index (χ1v) is 7.98. The van der Waals surface area contributed by atoms with Crippen LogP contribution in [-0.4, -0.2) is 21.2 Å². The summed E-state index contributed by atoms with van der Waals surface area (Å²) in [6, 6.07) is 0.106. The quantitative estimate of drug-likeness (QED) is 0.634. The molecule has 0 radical (unpaired) electrons. The maximum atomic E-state index is 11.3. The van der Waals surface area contributed by atoms with Crippen LogP contribution in [0.1, 0.15) is 64.1 Å². The Bertz CT molecular complexity index is 490. The first kappa shape index (κ1) is 15.8. The first-order chi connectivity index (χ1) is 10.0. The molecule has 118 valence electrons. The van der Waals surface area contributed by atoms with Crippen LogP contribution >= 0.6 is 0 Å². The summed E-state index contributed by atoms with van der Waals surface area (Å²) in [6.07, 6.45) is 7.69. The Balaban J connectivity index is 2.05. The van der Waals surface area contributed by atoms with Gasteiger partial charge in [0.25, 0.3) is 0 Å². The fourth-order valence-corrected chi connectivity index (χ4v) is 3.17. The second kappa shape index (κ2) is 6.91. The Morgan fingerprint density at radius 2 is 2.05 bits per heavy atom. The molecule has 1 aromatic rings. The molecule has 0 unspecified atom stereocenters. The largest absolute Gasteiger partial charge is 0.365 e. The van der Waals surface area contributed by atoms with Crippen molar-refractivity contribution in [1.29, 1.82) is 0 Å². The van der Waals surface area contributed by atoms with Crippen LogP contribution in [0, 0.1) is 23.0 Å². The Labute approximate surface area is 126 Å². The Morgan fingerprint density at radius 1 is 1.38 bits per heavy atom. The first-order valence-electron chi connectivity index (χ1n) is 7.98. The van der Waals surface area contributed by atoms with Gasteiger partial charge in [0, 0.05) is 12.6 Å². The Morgan fingerprint density at radius 3 is 2.62 bits per heavy atom. The zero-order chi connectivity index (χ0) is 15.4. The summed E-state index contributed by atoms with van der Waals surface area (Å²) in [6.45, 7) is 6.46. The molecule has 0 aliphatic heterocycles. The van der Waals surface area contributed by atoms with E-state index in [0.717, 1.165) is 18.9 Å². The molecule has 6 heteroatoms. The van der Waals surface area contributed by atoms with Crippen molar-refractivity contribution < 1.29 is 4.92 Å². The molecule has 1 aromatic heterocycles. The monoisotopic (exact) mass is 294 g/mol. The van der Waals surface area contributed by atoms with E-state index >= 15 is 0 Å². The molecule has 0 bridgehead atoms. The minimum Gasteiger partial charge on any atom is -0.365 e. The average Bonchev–Trinajstić information content (AvgIpc) is 2.77. The van der Waals surface area contributed by atoms with Crippen molar-refractivity contribution in [3.8, 4) is 0 Å². The summed E-state index contributed by atoms with van der Waals surface area (Å²) in [5.74, 6) is 1.32. The molecule has 0 spiro atoms. The van der Waals surface area contributed by atoms with E-state index in [1.165, 1.54) is 32.1 Å². The van der Waals surface area contributed by atoms with Gasteiger partial charge in [-0.25, -0.2) is 4.68 Å². The molecule has 21 heavy (non-hydrogen) atoms. The van der Waals surface area contributed by atoms with Crippen molar-refractivity contribution in [3.63, 3.8) is 0 Å². The second-order valence-electron chi connectivity index (χ2n) is 6.30. The van der Waals surface area contributed by atoms with Crippen molar-refractivity contribution in [3.05, 3.63) is 15.8 Å². The lowest BCUT2D eigenvalue weighted by Gasteiger charge is -2.21.